The van der Waals surface area contributed by atoms with E-state index in [9.17, 15) is 9.59 Å². The van der Waals surface area contributed by atoms with Crippen LogP contribution < -0.4 is 0 Å². The van der Waals surface area contributed by atoms with Crippen LogP contribution in [0.25, 0.3) is 0 Å². The van der Waals surface area contributed by atoms with Crippen molar-refractivity contribution in [1.29, 1.82) is 0 Å². The Labute approximate surface area is 60.7 Å². The third kappa shape index (κ3) is 1.99. The summed E-state index contributed by atoms with van der Waals surface area (Å²) in [6.07, 6.45) is 0.0610. The van der Waals surface area contributed by atoms with Gasteiger partial charge in [0.1, 0.15) is 0 Å². The summed E-state index contributed by atoms with van der Waals surface area (Å²) >= 11 is 14.7. The van der Waals surface area contributed by atoms with Crippen LogP contribution in [0.4, 0.5) is 0 Å². The smallest absolute Gasteiger partial charge is 0.265 e. The fourth-order valence-electron chi connectivity index (χ4n) is 0.0463. The second-order valence-corrected chi connectivity index (χ2v) is 2.74. The zero-order valence-corrected chi connectivity index (χ0v) is 5.80. The van der Waals surface area contributed by atoms with Crippen molar-refractivity contribution in [2.45, 2.75) is 4.33 Å². The van der Waals surface area contributed by atoms with E-state index in [-0.39, 0.29) is 6.29 Å². The molecule has 46 valence electrons. The summed E-state index contributed by atoms with van der Waals surface area (Å²) < 4.78 is -2.07. The molecule has 0 N–H and O–H groups in total. The van der Waals surface area contributed by atoms with Gasteiger partial charge < -0.3 is 0 Å². The molecule has 0 aromatic heterocycles. The van der Waals surface area contributed by atoms with Crippen molar-refractivity contribution in [3.8, 4) is 0 Å². The van der Waals surface area contributed by atoms with Crippen molar-refractivity contribution >= 4 is 46.3 Å². The number of carbonyl (C=O) groups is 2. The maximum Gasteiger partial charge on any atom is 0.265 e. The van der Waals surface area contributed by atoms with Gasteiger partial charge in [0.2, 0.25) is 4.33 Å². The maximum absolute atomic E-state index is 9.97. The largest absolute Gasteiger partial charge is 0.299 e. The molecule has 0 aliphatic carbocycles. The van der Waals surface area contributed by atoms with Crippen LogP contribution in [0.1, 0.15) is 0 Å². The lowest BCUT2D eigenvalue weighted by atomic mass is 10.5. The molecule has 0 amide bonds. The number of rotatable bonds is 2. The van der Waals surface area contributed by atoms with Crippen molar-refractivity contribution < 1.29 is 9.59 Å². The van der Waals surface area contributed by atoms with E-state index in [1.165, 1.54) is 0 Å². The second kappa shape index (κ2) is 2.67. The summed E-state index contributed by atoms with van der Waals surface area (Å²) in [6.45, 7) is 0. The lowest BCUT2D eigenvalue weighted by molar-refractivity contribution is -0.117. The predicted octanol–water partition coefficient (Wildman–Crippen LogP) is 1.12. The fraction of sp³-hybridized carbons (Fsp3) is 0.333. The Bertz CT molecular complexity index is 120. The van der Waals surface area contributed by atoms with Crippen LogP contribution in [0.2, 0.25) is 0 Å². The third-order valence-electron chi connectivity index (χ3n) is 0.410. The molecule has 0 aliphatic heterocycles. The molecule has 0 radical (unpaired) electrons. The molecule has 0 bridgehead atoms. The second-order valence-electron chi connectivity index (χ2n) is 1.01. The highest BCUT2D eigenvalue weighted by Gasteiger charge is 2.31. The van der Waals surface area contributed by atoms with Crippen LogP contribution >= 0.6 is 34.8 Å². The molecule has 0 fully saturated rings. The Morgan fingerprint density at radius 2 is 1.88 bits per heavy atom. The highest BCUT2D eigenvalue weighted by Crippen LogP contribution is 2.20. The van der Waals surface area contributed by atoms with Crippen molar-refractivity contribution in [2.24, 2.45) is 0 Å². The van der Waals surface area contributed by atoms with Gasteiger partial charge in [0.05, 0.1) is 0 Å². The highest BCUT2D eigenvalue weighted by molar-refractivity contribution is 6.82. The standard InChI is InChI=1S/C3HCl3O2/c4-2(8)3(5,6)1-7/h1H. The monoisotopic (exact) mass is 174 g/mol. The highest BCUT2D eigenvalue weighted by atomic mass is 35.5. The van der Waals surface area contributed by atoms with E-state index in [1.54, 1.807) is 0 Å². The van der Waals surface area contributed by atoms with Gasteiger partial charge >= 0.3 is 0 Å². The molecule has 0 aromatic carbocycles. The molecule has 0 unspecified atom stereocenters. The molecule has 0 atom stereocenters. The Kier molecular flexibility index (Phi) is 2.74. The zero-order chi connectivity index (χ0) is 6.78. The van der Waals surface area contributed by atoms with E-state index in [4.69, 9.17) is 34.8 Å². The van der Waals surface area contributed by atoms with Gasteiger partial charge in [-0.15, -0.1) is 0 Å². The van der Waals surface area contributed by atoms with Crippen LogP contribution in [0.5, 0.6) is 0 Å². The summed E-state index contributed by atoms with van der Waals surface area (Å²) in [5, 5.41) is -1.09. The van der Waals surface area contributed by atoms with Gasteiger partial charge in [0.15, 0.2) is 6.29 Å². The molecule has 8 heavy (non-hydrogen) atoms. The van der Waals surface area contributed by atoms with Gasteiger partial charge in [0, 0.05) is 0 Å². The van der Waals surface area contributed by atoms with E-state index in [0.29, 0.717) is 0 Å². The summed E-state index contributed by atoms with van der Waals surface area (Å²) in [6, 6.07) is 0. The number of halogens is 3. The van der Waals surface area contributed by atoms with E-state index >= 15 is 0 Å². The molecule has 0 aliphatic rings. The van der Waals surface area contributed by atoms with Gasteiger partial charge in [0.25, 0.3) is 5.24 Å². The van der Waals surface area contributed by atoms with Gasteiger partial charge in [-0.1, -0.05) is 23.2 Å². The van der Waals surface area contributed by atoms with Crippen molar-refractivity contribution in [1.82, 2.24) is 0 Å². The number of aldehydes is 1. The van der Waals surface area contributed by atoms with E-state index in [2.05, 4.69) is 0 Å². The number of hydrogen-bond donors (Lipinski definition) is 0. The Morgan fingerprint density at radius 1 is 1.50 bits per heavy atom. The van der Waals surface area contributed by atoms with Crippen LogP contribution in [0.3, 0.4) is 0 Å². The first-order chi connectivity index (χ1) is 3.50. The van der Waals surface area contributed by atoms with Crippen molar-refractivity contribution in [2.75, 3.05) is 0 Å². The Balaban J connectivity index is 4.12. The van der Waals surface area contributed by atoms with Crippen LogP contribution in [-0.2, 0) is 9.59 Å². The minimum absolute atomic E-state index is 0.0610. The molecule has 0 saturated heterocycles. The molecule has 0 spiro atoms. The normalized spacial score (nSPS) is 10.9. The molecule has 0 saturated carbocycles. The number of hydrogen-bond acceptors (Lipinski definition) is 2. The minimum Gasteiger partial charge on any atom is -0.299 e. The quantitative estimate of drug-likeness (QED) is 0.273. The topological polar surface area (TPSA) is 34.1 Å². The van der Waals surface area contributed by atoms with E-state index < -0.39 is 9.58 Å². The third-order valence-corrected chi connectivity index (χ3v) is 1.42. The molecule has 2 nitrogen and oxygen atoms in total. The molecule has 5 heteroatoms. The van der Waals surface area contributed by atoms with Crippen LogP contribution in [0.15, 0.2) is 0 Å². The number of alkyl halides is 2. The first-order valence-electron chi connectivity index (χ1n) is 1.55. The predicted molar refractivity (Wildman–Crippen MR) is 31.4 cm³/mol. The Morgan fingerprint density at radius 3 is 1.88 bits per heavy atom. The molecular formula is C3HCl3O2. The summed E-state index contributed by atoms with van der Waals surface area (Å²) in [4.78, 5) is 19.7. The molecule has 0 rings (SSSR count). The van der Waals surface area contributed by atoms with E-state index in [0.717, 1.165) is 0 Å². The van der Waals surface area contributed by atoms with Gasteiger partial charge in [-0.05, 0) is 11.6 Å². The number of carbonyl (C=O) groups excluding carboxylic acids is 2. The van der Waals surface area contributed by atoms with Gasteiger partial charge in [-0.25, -0.2) is 0 Å². The maximum atomic E-state index is 9.97. The SMILES string of the molecule is O=CC(Cl)(Cl)C(=O)Cl. The fourth-order valence-corrected chi connectivity index (χ4v) is 0.0909. The van der Waals surface area contributed by atoms with Gasteiger partial charge in [-0.3, -0.25) is 9.59 Å². The lowest BCUT2D eigenvalue weighted by Gasteiger charge is -2.00. The molecule has 0 aromatic rings. The first kappa shape index (κ1) is 8.21. The lowest BCUT2D eigenvalue weighted by Crippen LogP contribution is -2.22. The summed E-state index contributed by atoms with van der Waals surface area (Å²) in [5.41, 5.74) is 0. The summed E-state index contributed by atoms with van der Waals surface area (Å²) in [7, 11) is 0. The average molecular weight is 175 g/mol. The zero-order valence-electron chi connectivity index (χ0n) is 3.53. The Hall–Kier alpha value is 0.210. The molecular weight excluding hydrogens is 174 g/mol. The van der Waals surface area contributed by atoms with Crippen LogP contribution in [-0.4, -0.2) is 15.9 Å². The van der Waals surface area contributed by atoms with Crippen LogP contribution in [0, 0.1) is 0 Å². The van der Waals surface area contributed by atoms with E-state index in [1.807, 2.05) is 0 Å². The summed E-state index contributed by atoms with van der Waals surface area (Å²) in [5.74, 6) is 0. The minimum atomic E-state index is -2.07. The van der Waals surface area contributed by atoms with Gasteiger partial charge in [-0.2, -0.15) is 0 Å². The first-order valence-corrected chi connectivity index (χ1v) is 2.68. The molecule has 0 heterocycles. The van der Waals surface area contributed by atoms with Crippen molar-refractivity contribution in [3.63, 3.8) is 0 Å². The average Bonchev–Trinajstić information content (AvgIpc) is 1.67. The van der Waals surface area contributed by atoms with Crippen molar-refractivity contribution in [3.05, 3.63) is 0 Å².